The Morgan fingerprint density at radius 1 is 1.03 bits per heavy atom. The Hall–Kier alpha value is -3.36. The monoisotopic (exact) mass is 507 g/mol. The van der Waals surface area contributed by atoms with Crippen molar-refractivity contribution in [3.05, 3.63) is 42.5 Å². The highest BCUT2D eigenvalue weighted by Crippen LogP contribution is 2.45. The van der Waals surface area contributed by atoms with Gasteiger partial charge in [0.15, 0.2) is 0 Å². The van der Waals surface area contributed by atoms with Crippen LogP contribution in [0.4, 0.5) is 9.59 Å². The molecule has 0 atom stereocenters. The molecule has 0 unspecified atom stereocenters. The Morgan fingerprint density at radius 3 is 2.27 bits per heavy atom. The van der Waals surface area contributed by atoms with Gasteiger partial charge < -0.3 is 9.47 Å². The van der Waals surface area contributed by atoms with Crippen molar-refractivity contribution in [3.63, 3.8) is 0 Å². The zero-order valence-corrected chi connectivity index (χ0v) is 22.6. The fraction of sp³-hybridized carbons (Fsp3) is 0.571. The minimum atomic E-state index is -0.707. The number of hydrogen-bond donors (Lipinski definition) is 0. The second-order valence-corrected chi connectivity index (χ2v) is 12.3. The minimum absolute atomic E-state index is 0.149. The van der Waals surface area contributed by atoms with E-state index in [9.17, 15) is 9.59 Å². The van der Waals surface area contributed by atoms with Crippen LogP contribution in [0.2, 0.25) is 0 Å². The Bertz CT molecular complexity index is 1270. The lowest BCUT2D eigenvalue weighted by Crippen LogP contribution is -2.47. The van der Waals surface area contributed by atoms with Crippen molar-refractivity contribution in [2.75, 3.05) is 6.54 Å². The van der Waals surface area contributed by atoms with Crippen molar-refractivity contribution in [2.24, 2.45) is 5.92 Å². The van der Waals surface area contributed by atoms with Crippen molar-refractivity contribution in [1.82, 2.24) is 24.2 Å². The third kappa shape index (κ3) is 5.65. The summed E-state index contributed by atoms with van der Waals surface area (Å²) in [5.74, 6) is 0.638. The van der Waals surface area contributed by atoms with Crippen LogP contribution in [-0.2, 0) is 9.47 Å². The number of imide groups is 1. The van der Waals surface area contributed by atoms with Gasteiger partial charge in [0.05, 0.1) is 17.4 Å². The molecule has 3 aromatic rings. The third-order valence-corrected chi connectivity index (χ3v) is 6.67. The van der Waals surface area contributed by atoms with Crippen molar-refractivity contribution in [2.45, 2.75) is 90.4 Å². The Kier molecular flexibility index (Phi) is 6.28. The lowest BCUT2D eigenvalue weighted by Gasteiger charge is -2.38. The molecule has 0 N–H and O–H groups in total. The molecule has 198 valence electrons. The Labute approximate surface area is 217 Å². The van der Waals surface area contributed by atoms with Gasteiger partial charge in [-0.25, -0.2) is 19.5 Å². The minimum Gasteiger partial charge on any atom is -0.443 e. The number of aromatic nitrogens is 4. The summed E-state index contributed by atoms with van der Waals surface area (Å²) in [5.41, 5.74) is 1.73. The molecule has 3 aromatic heterocycles. The van der Waals surface area contributed by atoms with Gasteiger partial charge in [-0.15, -0.1) is 0 Å². The van der Waals surface area contributed by atoms with Crippen molar-refractivity contribution in [1.29, 1.82) is 0 Å². The van der Waals surface area contributed by atoms with E-state index < -0.39 is 23.4 Å². The standard InChI is InChI=1S/C28H37N5O4/c1-27(2,3)36-25(34)32(26(35)37-28(4,5)6)16-18-14-21(15-18)33-17-22(23(30-33)19-9-10-19)31-13-11-20-8-7-12-29-24(20)31/h7-8,11-13,17-19,21H,9-10,14-16H2,1-6H3/t18-,21-. The van der Waals surface area contributed by atoms with E-state index >= 15 is 0 Å². The first-order valence-corrected chi connectivity index (χ1v) is 13.1. The topological polar surface area (TPSA) is 91.5 Å². The largest absolute Gasteiger partial charge is 0.443 e. The van der Waals surface area contributed by atoms with Gasteiger partial charge >= 0.3 is 12.2 Å². The molecule has 0 spiro atoms. The second-order valence-electron chi connectivity index (χ2n) is 12.3. The number of carbonyl (C=O) groups is 2. The van der Waals surface area contributed by atoms with Crippen LogP contribution in [0.5, 0.6) is 0 Å². The number of pyridine rings is 1. The maximum absolute atomic E-state index is 12.9. The molecule has 5 rings (SSSR count). The molecule has 2 saturated carbocycles. The van der Waals surface area contributed by atoms with Gasteiger partial charge in [0.25, 0.3) is 0 Å². The summed E-state index contributed by atoms with van der Waals surface area (Å²) in [4.78, 5) is 31.4. The predicted molar refractivity (Wildman–Crippen MR) is 140 cm³/mol. The van der Waals surface area contributed by atoms with E-state index in [4.69, 9.17) is 14.6 Å². The average molecular weight is 508 g/mol. The molecule has 0 aliphatic heterocycles. The van der Waals surface area contributed by atoms with E-state index in [2.05, 4.69) is 38.8 Å². The van der Waals surface area contributed by atoms with Gasteiger partial charge in [0.2, 0.25) is 0 Å². The molecule has 3 heterocycles. The van der Waals surface area contributed by atoms with Gasteiger partial charge in [-0.1, -0.05) is 0 Å². The highest BCUT2D eigenvalue weighted by atomic mass is 16.6. The summed E-state index contributed by atoms with van der Waals surface area (Å²) in [7, 11) is 0. The molecule has 37 heavy (non-hydrogen) atoms. The van der Waals surface area contributed by atoms with E-state index in [-0.39, 0.29) is 18.5 Å². The van der Waals surface area contributed by atoms with Crippen LogP contribution in [0.15, 0.2) is 36.8 Å². The van der Waals surface area contributed by atoms with E-state index in [0.29, 0.717) is 5.92 Å². The van der Waals surface area contributed by atoms with E-state index in [1.54, 1.807) is 41.5 Å². The molecular weight excluding hydrogens is 470 g/mol. The zero-order valence-electron chi connectivity index (χ0n) is 22.6. The van der Waals surface area contributed by atoms with Gasteiger partial charge in [0.1, 0.15) is 16.8 Å². The number of amides is 2. The van der Waals surface area contributed by atoms with Gasteiger partial charge in [-0.2, -0.15) is 5.10 Å². The van der Waals surface area contributed by atoms with Gasteiger partial charge in [-0.3, -0.25) is 9.25 Å². The first-order valence-electron chi connectivity index (χ1n) is 13.1. The lowest BCUT2D eigenvalue weighted by atomic mass is 9.80. The second kappa shape index (κ2) is 9.19. The average Bonchev–Trinajstić information content (AvgIpc) is 3.36. The van der Waals surface area contributed by atoms with Crippen LogP contribution >= 0.6 is 0 Å². The lowest BCUT2D eigenvalue weighted by molar-refractivity contribution is -0.00641. The molecule has 0 saturated heterocycles. The number of ether oxygens (including phenoxy) is 2. The SMILES string of the molecule is CC(C)(C)OC(=O)N(C[C@H]1C[C@H](n2cc(-n3ccc4cccnc43)c(C3CC3)n2)C1)C(=O)OC(C)(C)C. The van der Waals surface area contributed by atoms with Crippen molar-refractivity contribution in [3.8, 4) is 5.69 Å². The molecule has 2 aliphatic rings. The van der Waals surface area contributed by atoms with Gasteiger partial charge in [-0.05, 0) is 91.3 Å². The number of rotatable bonds is 5. The first-order chi connectivity index (χ1) is 17.4. The summed E-state index contributed by atoms with van der Waals surface area (Å²) in [6.07, 6.45) is 8.61. The predicted octanol–water partition coefficient (Wildman–Crippen LogP) is 6.22. The third-order valence-electron chi connectivity index (χ3n) is 6.67. The van der Waals surface area contributed by atoms with Crippen LogP contribution < -0.4 is 0 Å². The molecule has 9 heteroatoms. The Balaban J connectivity index is 1.31. The number of carbonyl (C=O) groups excluding carboxylic acids is 2. The molecule has 0 bridgehead atoms. The fourth-order valence-electron chi connectivity index (χ4n) is 4.76. The van der Waals surface area contributed by atoms with Crippen LogP contribution in [0.3, 0.4) is 0 Å². The van der Waals surface area contributed by atoms with Gasteiger partial charge in [0, 0.05) is 36.4 Å². The molecule has 9 nitrogen and oxygen atoms in total. The van der Waals surface area contributed by atoms with Crippen molar-refractivity contribution >= 4 is 23.2 Å². The van der Waals surface area contributed by atoms with Crippen LogP contribution in [-0.4, -0.2) is 54.2 Å². The van der Waals surface area contributed by atoms with Crippen LogP contribution in [0.25, 0.3) is 16.7 Å². The molecule has 2 aliphatic carbocycles. The normalized spacial score (nSPS) is 19.9. The molecule has 0 aromatic carbocycles. The van der Waals surface area contributed by atoms with E-state index in [1.165, 1.54) is 0 Å². The first kappa shape index (κ1) is 25.3. The smallest absolute Gasteiger partial charge is 0.419 e. The number of nitrogens with zero attached hydrogens (tertiary/aromatic N) is 5. The summed E-state index contributed by atoms with van der Waals surface area (Å²) in [6.45, 7) is 11.0. The van der Waals surface area contributed by atoms with E-state index in [1.807, 2.05) is 12.3 Å². The number of hydrogen-bond acceptors (Lipinski definition) is 6. The van der Waals surface area contributed by atoms with Crippen LogP contribution in [0.1, 0.15) is 84.9 Å². The molecular formula is C28H37N5O4. The highest BCUT2D eigenvalue weighted by molar-refractivity contribution is 5.88. The quantitative estimate of drug-likeness (QED) is 0.407. The molecule has 0 radical (unpaired) electrons. The molecule has 2 fully saturated rings. The summed E-state index contributed by atoms with van der Waals surface area (Å²) >= 11 is 0. The maximum atomic E-state index is 12.9. The Morgan fingerprint density at radius 2 is 1.68 bits per heavy atom. The summed E-state index contributed by atoms with van der Waals surface area (Å²) in [5, 5.41) is 6.11. The zero-order chi connectivity index (χ0) is 26.5. The van der Waals surface area contributed by atoms with Crippen molar-refractivity contribution < 1.29 is 19.1 Å². The number of fused-ring (bicyclic) bond motifs is 1. The van der Waals surface area contributed by atoms with Crippen LogP contribution in [0, 0.1) is 5.92 Å². The maximum Gasteiger partial charge on any atom is 0.419 e. The fourth-order valence-corrected chi connectivity index (χ4v) is 4.76. The molecule has 2 amide bonds. The summed E-state index contributed by atoms with van der Waals surface area (Å²) < 4.78 is 15.2. The van der Waals surface area contributed by atoms with E-state index in [0.717, 1.165) is 53.0 Å². The summed E-state index contributed by atoms with van der Waals surface area (Å²) in [6, 6.07) is 6.31. The highest BCUT2D eigenvalue weighted by Gasteiger charge is 2.39.